The van der Waals surface area contributed by atoms with Gasteiger partial charge in [-0.2, -0.15) is 10.2 Å². The van der Waals surface area contributed by atoms with Crippen molar-refractivity contribution in [2.45, 2.75) is 46.8 Å². The first-order valence-electron chi connectivity index (χ1n) is 6.84. The average Bonchev–Trinajstić information content (AvgIpc) is 2.97. The number of hydrogen-bond acceptors (Lipinski definition) is 4. The fourth-order valence-corrected chi connectivity index (χ4v) is 2.03. The molecule has 0 aliphatic heterocycles. The number of hydrogen-bond donors (Lipinski definition) is 1. The maximum Gasteiger partial charge on any atom is 0.148 e. The Morgan fingerprint density at radius 3 is 2.89 bits per heavy atom. The first-order chi connectivity index (χ1) is 9.24. The van der Waals surface area contributed by atoms with E-state index in [0.29, 0.717) is 6.54 Å². The van der Waals surface area contributed by atoms with Gasteiger partial charge < -0.3 is 5.32 Å². The van der Waals surface area contributed by atoms with Crippen LogP contribution in [0.4, 0.5) is 0 Å². The first kappa shape index (κ1) is 13.7. The molecule has 0 aliphatic carbocycles. The minimum Gasteiger partial charge on any atom is -0.313 e. The summed E-state index contributed by atoms with van der Waals surface area (Å²) in [4.78, 5) is 4.27. The lowest BCUT2D eigenvalue weighted by Crippen LogP contribution is -2.14. The summed E-state index contributed by atoms with van der Waals surface area (Å²) in [6, 6.07) is 0. The molecular weight excluding hydrogens is 240 g/mol. The molecule has 0 atom stereocenters. The van der Waals surface area contributed by atoms with Gasteiger partial charge >= 0.3 is 0 Å². The molecule has 1 N–H and O–H groups in total. The van der Waals surface area contributed by atoms with Gasteiger partial charge in [0.2, 0.25) is 0 Å². The van der Waals surface area contributed by atoms with E-state index in [-0.39, 0.29) is 0 Å². The van der Waals surface area contributed by atoms with Gasteiger partial charge in [-0.3, -0.25) is 4.68 Å². The molecule has 0 saturated carbocycles. The highest BCUT2D eigenvalue weighted by molar-refractivity contribution is 5.15. The van der Waals surface area contributed by atoms with Crippen molar-refractivity contribution in [3.63, 3.8) is 0 Å². The van der Waals surface area contributed by atoms with Crippen molar-refractivity contribution in [3.05, 3.63) is 29.6 Å². The smallest absolute Gasteiger partial charge is 0.148 e. The van der Waals surface area contributed by atoms with Crippen molar-refractivity contribution < 1.29 is 0 Å². The molecule has 0 bridgehead atoms. The van der Waals surface area contributed by atoms with Crippen molar-refractivity contribution in [2.24, 2.45) is 0 Å². The van der Waals surface area contributed by atoms with Crippen LogP contribution in [0.3, 0.4) is 0 Å². The van der Waals surface area contributed by atoms with Crippen LogP contribution in [0.15, 0.2) is 12.5 Å². The second-order valence-electron chi connectivity index (χ2n) is 4.61. The van der Waals surface area contributed by atoms with Crippen LogP contribution in [0.5, 0.6) is 0 Å². The van der Waals surface area contributed by atoms with E-state index in [2.05, 4.69) is 40.5 Å². The summed E-state index contributed by atoms with van der Waals surface area (Å²) < 4.78 is 3.83. The van der Waals surface area contributed by atoms with Crippen LogP contribution in [0.1, 0.15) is 37.4 Å². The highest BCUT2D eigenvalue weighted by atomic mass is 15.4. The Kier molecular flexibility index (Phi) is 4.68. The third kappa shape index (κ3) is 3.41. The van der Waals surface area contributed by atoms with Crippen LogP contribution in [0.2, 0.25) is 0 Å². The third-order valence-corrected chi connectivity index (χ3v) is 3.09. The number of rotatable bonds is 7. The van der Waals surface area contributed by atoms with E-state index in [0.717, 1.165) is 37.6 Å². The minimum atomic E-state index is 0.669. The van der Waals surface area contributed by atoms with Gasteiger partial charge in [0.15, 0.2) is 0 Å². The van der Waals surface area contributed by atoms with Gasteiger partial charge in [-0.15, -0.1) is 0 Å². The topological polar surface area (TPSA) is 60.6 Å². The van der Waals surface area contributed by atoms with Crippen molar-refractivity contribution in [1.82, 2.24) is 29.9 Å². The standard InChI is InChI=1S/C13H22N6/c1-4-6-14-7-12-8-18(17-11(12)3)9-13-15-10-16-19(13)5-2/h8,10,14H,4-7,9H2,1-3H3. The van der Waals surface area contributed by atoms with Crippen LogP contribution in [-0.4, -0.2) is 31.1 Å². The first-order valence-corrected chi connectivity index (χ1v) is 6.84. The summed E-state index contributed by atoms with van der Waals surface area (Å²) in [7, 11) is 0. The zero-order chi connectivity index (χ0) is 13.7. The molecule has 0 amide bonds. The molecule has 2 heterocycles. The molecule has 2 rings (SSSR count). The fraction of sp³-hybridized carbons (Fsp3) is 0.615. The monoisotopic (exact) mass is 262 g/mol. The Labute approximate surface area is 113 Å². The molecular formula is C13H22N6. The molecule has 2 aromatic rings. The summed E-state index contributed by atoms with van der Waals surface area (Å²) >= 11 is 0. The fourth-order valence-electron chi connectivity index (χ4n) is 2.03. The Morgan fingerprint density at radius 1 is 1.32 bits per heavy atom. The summed E-state index contributed by atoms with van der Waals surface area (Å²) in [5, 5.41) is 12.1. The van der Waals surface area contributed by atoms with Crippen LogP contribution >= 0.6 is 0 Å². The molecule has 19 heavy (non-hydrogen) atoms. The molecule has 0 radical (unpaired) electrons. The lowest BCUT2D eigenvalue weighted by atomic mass is 10.2. The Bertz CT molecular complexity index is 513. The van der Waals surface area contributed by atoms with Gasteiger partial charge in [0.25, 0.3) is 0 Å². The quantitative estimate of drug-likeness (QED) is 0.765. The van der Waals surface area contributed by atoms with E-state index in [9.17, 15) is 0 Å². The van der Waals surface area contributed by atoms with Crippen molar-refractivity contribution in [1.29, 1.82) is 0 Å². The van der Waals surface area contributed by atoms with Gasteiger partial charge in [-0.1, -0.05) is 6.92 Å². The maximum atomic E-state index is 4.54. The van der Waals surface area contributed by atoms with Gasteiger partial charge in [-0.05, 0) is 26.8 Å². The van der Waals surface area contributed by atoms with E-state index < -0.39 is 0 Å². The normalized spacial score (nSPS) is 11.1. The van der Waals surface area contributed by atoms with Crippen molar-refractivity contribution >= 4 is 0 Å². The highest BCUT2D eigenvalue weighted by Crippen LogP contribution is 2.07. The average molecular weight is 262 g/mol. The summed E-state index contributed by atoms with van der Waals surface area (Å²) in [6.45, 7) is 9.69. The van der Waals surface area contributed by atoms with Crippen LogP contribution in [0, 0.1) is 6.92 Å². The number of aryl methyl sites for hydroxylation is 2. The molecule has 0 aromatic carbocycles. The highest BCUT2D eigenvalue weighted by Gasteiger charge is 2.08. The number of aromatic nitrogens is 5. The van der Waals surface area contributed by atoms with Crippen molar-refractivity contribution in [2.75, 3.05) is 6.54 Å². The molecule has 0 unspecified atom stereocenters. The summed E-state index contributed by atoms with van der Waals surface area (Å²) in [5.74, 6) is 0.943. The minimum absolute atomic E-state index is 0.669. The van der Waals surface area contributed by atoms with Crippen LogP contribution < -0.4 is 5.32 Å². The molecule has 2 aromatic heterocycles. The van der Waals surface area contributed by atoms with E-state index in [4.69, 9.17) is 0 Å². The van der Waals surface area contributed by atoms with E-state index in [1.807, 2.05) is 16.3 Å². The zero-order valence-corrected chi connectivity index (χ0v) is 11.9. The third-order valence-electron chi connectivity index (χ3n) is 3.09. The second-order valence-corrected chi connectivity index (χ2v) is 4.61. The van der Waals surface area contributed by atoms with Crippen LogP contribution in [0.25, 0.3) is 0 Å². The van der Waals surface area contributed by atoms with Gasteiger partial charge in [0, 0.05) is 24.8 Å². The van der Waals surface area contributed by atoms with E-state index >= 15 is 0 Å². The predicted octanol–water partition coefficient (Wildman–Crippen LogP) is 1.35. The molecule has 6 nitrogen and oxygen atoms in total. The Balaban J connectivity index is 2.03. The zero-order valence-electron chi connectivity index (χ0n) is 11.9. The number of nitrogens with one attached hydrogen (secondary N) is 1. The van der Waals surface area contributed by atoms with Crippen LogP contribution in [-0.2, 0) is 19.6 Å². The SMILES string of the molecule is CCCNCc1cn(Cc2ncnn2CC)nc1C. The second kappa shape index (κ2) is 6.47. The summed E-state index contributed by atoms with van der Waals surface area (Å²) in [6.07, 6.45) is 4.83. The lowest BCUT2D eigenvalue weighted by Gasteiger charge is -2.02. The van der Waals surface area contributed by atoms with E-state index in [1.165, 1.54) is 5.56 Å². The molecule has 0 aliphatic rings. The van der Waals surface area contributed by atoms with Crippen molar-refractivity contribution in [3.8, 4) is 0 Å². The Morgan fingerprint density at radius 2 is 2.16 bits per heavy atom. The van der Waals surface area contributed by atoms with Gasteiger partial charge in [0.1, 0.15) is 18.7 Å². The molecule has 0 fully saturated rings. The predicted molar refractivity (Wildman–Crippen MR) is 73.8 cm³/mol. The lowest BCUT2D eigenvalue weighted by molar-refractivity contribution is 0.566. The van der Waals surface area contributed by atoms with Gasteiger partial charge in [0.05, 0.1) is 5.69 Å². The van der Waals surface area contributed by atoms with E-state index in [1.54, 1.807) is 6.33 Å². The largest absolute Gasteiger partial charge is 0.313 e. The number of nitrogens with zero attached hydrogens (tertiary/aromatic N) is 5. The maximum absolute atomic E-state index is 4.54. The summed E-state index contributed by atoms with van der Waals surface area (Å²) in [5.41, 5.74) is 2.32. The molecule has 6 heteroatoms. The Hall–Kier alpha value is -1.69. The molecule has 0 spiro atoms. The molecule has 104 valence electrons. The van der Waals surface area contributed by atoms with Gasteiger partial charge in [-0.25, -0.2) is 9.67 Å². The molecule has 0 saturated heterocycles.